The average Bonchev–Trinajstić information content (AvgIpc) is 3.32. The maximum atomic E-state index is 13.1. The van der Waals surface area contributed by atoms with Gasteiger partial charge in [-0.2, -0.15) is 0 Å². The minimum absolute atomic E-state index is 0.197. The number of carbonyl (C=O) groups excluding carboxylic acids is 2. The molecule has 0 fully saturated rings. The van der Waals surface area contributed by atoms with Gasteiger partial charge < -0.3 is 18.8 Å². The van der Waals surface area contributed by atoms with E-state index in [2.05, 4.69) is 0 Å². The number of esters is 1. The predicted molar refractivity (Wildman–Crippen MR) is 130 cm³/mol. The number of nitrogens with zero attached hydrogens (tertiary/aromatic N) is 1. The third-order valence-electron chi connectivity index (χ3n) is 5.85. The number of aromatic nitrogens is 1. The third kappa shape index (κ3) is 3.62. The number of hydrogen-bond donors (Lipinski definition) is 0. The number of ketones is 1. The Balaban J connectivity index is 1.48. The molecule has 0 atom stereocenters. The maximum absolute atomic E-state index is 13.1. The summed E-state index contributed by atoms with van der Waals surface area (Å²) >= 11 is 6.11. The predicted octanol–water partition coefficient (Wildman–Crippen LogP) is 5.98. The SMILES string of the molecule is COc1ccc2c(c1)c(/C=C1/Oc3c(ccc(OC(=O)c4ccccc4Cl)c3C)C1=O)cn2C. The summed E-state index contributed by atoms with van der Waals surface area (Å²) in [7, 11) is 3.55. The molecule has 1 aliphatic rings. The first kappa shape index (κ1) is 21.8. The molecule has 0 unspecified atom stereocenters. The first-order valence-corrected chi connectivity index (χ1v) is 10.9. The van der Waals surface area contributed by atoms with Gasteiger partial charge in [0.15, 0.2) is 5.76 Å². The van der Waals surface area contributed by atoms with Crippen molar-refractivity contribution in [1.82, 2.24) is 4.57 Å². The average molecular weight is 474 g/mol. The van der Waals surface area contributed by atoms with E-state index in [0.717, 1.165) is 22.2 Å². The second-order valence-corrected chi connectivity index (χ2v) is 8.36. The lowest BCUT2D eigenvalue weighted by Crippen LogP contribution is -2.10. The van der Waals surface area contributed by atoms with E-state index in [0.29, 0.717) is 27.6 Å². The number of rotatable bonds is 4. The van der Waals surface area contributed by atoms with Gasteiger partial charge in [-0.15, -0.1) is 0 Å². The summed E-state index contributed by atoms with van der Waals surface area (Å²) in [6.07, 6.45) is 3.65. The summed E-state index contributed by atoms with van der Waals surface area (Å²) < 4.78 is 18.9. The van der Waals surface area contributed by atoms with E-state index >= 15 is 0 Å². The number of Topliss-reactive ketones (excluding diaryl/α,β-unsaturated/α-hetero) is 1. The quantitative estimate of drug-likeness (QED) is 0.207. The fraction of sp³-hybridized carbons (Fsp3) is 0.111. The Morgan fingerprint density at radius 2 is 1.91 bits per heavy atom. The molecule has 7 heteroatoms. The van der Waals surface area contributed by atoms with Crippen molar-refractivity contribution in [3.8, 4) is 17.2 Å². The van der Waals surface area contributed by atoms with Crippen molar-refractivity contribution in [1.29, 1.82) is 0 Å². The van der Waals surface area contributed by atoms with Crippen molar-refractivity contribution in [2.24, 2.45) is 7.05 Å². The fourth-order valence-electron chi connectivity index (χ4n) is 4.05. The van der Waals surface area contributed by atoms with Crippen LogP contribution in [0, 0.1) is 6.92 Å². The second-order valence-electron chi connectivity index (χ2n) is 7.95. The molecule has 0 aliphatic carbocycles. The first-order chi connectivity index (χ1) is 16.4. The van der Waals surface area contributed by atoms with Crippen molar-refractivity contribution in [3.63, 3.8) is 0 Å². The van der Waals surface area contributed by atoms with Gasteiger partial charge in [-0.3, -0.25) is 4.79 Å². The first-order valence-electron chi connectivity index (χ1n) is 10.5. The summed E-state index contributed by atoms with van der Waals surface area (Å²) in [5.74, 6) is 0.774. The summed E-state index contributed by atoms with van der Waals surface area (Å²) in [4.78, 5) is 25.7. The van der Waals surface area contributed by atoms with E-state index in [1.807, 2.05) is 36.0 Å². The van der Waals surface area contributed by atoms with Gasteiger partial charge in [-0.05, 0) is 55.5 Å². The molecule has 0 saturated carbocycles. The molecule has 5 rings (SSSR count). The highest BCUT2D eigenvalue weighted by molar-refractivity contribution is 6.33. The molecule has 3 aromatic carbocycles. The molecule has 2 heterocycles. The van der Waals surface area contributed by atoms with E-state index in [-0.39, 0.29) is 17.1 Å². The molecule has 0 N–H and O–H groups in total. The zero-order valence-electron chi connectivity index (χ0n) is 18.7. The van der Waals surface area contributed by atoms with Gasteiger partial charge in [0.05, 0.1) is 23.3 Å². The van der Waals surface area contributed by atoms with Crippen molar-refractivity contribution in [2.45, 2.75) is 6.92 Å². The lowest BCUT2D eigenvalue weighted by molar-refractivity contribution is 0.0733. The monoisotopic (exact) mass is 473 g/mol. The van der Waals surface area contributed by atoms with Gasteiger partial charge in [0.2, 0.25) is 5.78 Å². The normalized spacial score (nSPS) is 13.8. The summed E-state index contributed by atoms with van der Waals surface area (Å²) in [5.41, 5.74) is 3.05. The Labute approximate surface area is 200 Å². The van der Waals surface area contributed by atoms with E-state index in [4.69, 9.17) is 25.8 Å². The Bertz CT molecular complexity index is 1520. The van der Waals surface area contributed by atoms with Gasteiger partial charge in [0, 0.05) is 35.3 Å². The summed E-state index contributed by atoms with van der Waals surface area (Å²) in [6.45, 7) is 1.74. The van der Waals surface area contributed by atoms with Crippen LogP contribution in [0.15, 0.2) is 66.6 Å². The summed E-state index contributed by atoms with van der Waals surface area (Å²) in [5, 5.41) is 1.24. The van der Waals surface area contributed by atoms with Crippen LogP contribution in [0.3, 0.4) is 0 Å². The van der Waals surface area contributed by atoms with Crippen molar-refractivity contribution in [2.75, 3.05) is 7.11 Å². The molecule has 0 bridgehead atoms. The van der Waals surface area contributed by atoms with Crippen LogP contribution in [0.2, 0.25) is 5.02 Å². The van der Waals surface area contributed by atoms with Gasteiger partial charge in [0.25, 0.3) is 0 Å². The Morgan fingerprint density at radius 3 is 2.68 bits per heavy atom. The number of fused-ring (bicyclic) bond motifs is 2. The largest absolute Gasteiger partial charge is 0.497 e. The molecule has 34 heavy (non-hydrogen) atoms. The second kappa shape index (κ2) is 8.39. The molecule has 4 aromatic rings. The van der Waals surface area contributed by atoms with Crippen LogP contribution in [-0.4, -0.2) is 23.4 Å². The molecule has 0 saturated heterocycles. The van der Waals surface area contributed by atoms with E-state index in [9.17, 15) is 9.59 Å². The van der Waals surface area contributed by atoms with Crippen LogP contribution in [0.4, 0.5) is 0 Å². The molecule has 6 nitrogen and oxygen atoms in total. The summed E-state index contributed by atoms with van der Waals surface area (Å²) in [6, 6.07) is 15.6. The number of benzene rings is 3. The highest BCUT2D eigenvalue weighted by atomic mass is 35.5. The van der Waals surface area contributed by atoms with Gasteiger partial charge >= 0.3 is 5.97 Å². The number of halogens is 1. The molecule has 1 aromatic heterocycles. The molecule has 1 aliphatic heterocycles. The van der Waals surface area contributed by atoms with E-state index < -0.39 is 5.97 Å². The topological polar surface area (TPSA) is 66.8 Å². The Kier molecular flexibility index (Phi) is 5.38. The maximum Gasteiger partial charge on any atom is 0.345 e. The highest BCUT2D eigenvalue weighted by Gasteiger charge is 2.31. The van der Waals surface area contributed by atoms with Crippen molar-refractivity contribution < 1.29 is 23.8 Å². The highest BCUT2D eigenvalue weighted by Crippen LogP contribution is 2.40. The van der Waals surface area contributed by atoms with Crippen LogP contribution in [0.5, 0.6) is 17.2 Å². The van der Waals surface area contributed by atoms with Crippen LogP contribution < -0.4 is 14.2 Å². The number of methoxy groups -OCH3 is 1. The minimum Gasteiger partial charge on any atom is -0.497 e. The van der Waals surface area contributed by atoms with Crippen LogP contribution in [-0.2, 0) is 7.05 Å². The zero-order valence-corrected chi connectivity index (χ0v) is 19.5. The van der Waals surface area contributed by atoms with Gasteiger partial charge in [0.1, 0.15) is 17.2 Å². The van der Waals surface area contributed by atoms with Crippen LogP contribution in [0.25, 0.3) is 17.0 Å². The number of allylic oxidation sites excluding steroid dienone is 1. The third-order valence-corrected chi connectivity index (χ3v) is 6.18. The number of ether oxygens (including phenoxy) is 3. The Hall–Kier alpha value is -4.03. The van der Waals surface area contributed by atoms with Gasteiger partial charge in [-0.25, -0.2) is 4.79 Å². The van der Waals surface area contributed by atoms with E-state index in [1.165, 1.54) is 0 Å². The van der Waals surface area contributed by atoms with Crippen molar-refractivity contribution in [3.05, 3.63) is 93.8 Å². The van der Waals surface area contributed by atoms with Gasteiger partial charge in [-0.1, -0.05) is 23.7 Å². The molecule has 0 radical (unpaired) electrons. The van der Waals surface area contributed by atoms with E-state index in [1.54, 1.807) is 56.5 Å². The van der Waals surface area contributed by atoms with Crippen LogP contribution >= 0.6 is 11.6 Å². The number of carbonyl (C=O) groups is 2. The lowest BCUT2D eigenvalue weighted by atomic mass is 10.1. The fourth-order valence-corrected chi connectivity index (χ4v) is 4.26. The molecular weight excluding hydrogens is 454 g/mol. The number of hydrogen-bond acceptors (Lipinski definition) is 5. The Morgan fingerprint density at radius 1 is 1.12 bits per heavy atom. The molecule has 170 valence electrons. The zero-order chi connectivity index (χ0) is 24.0. The molecular formula is C27H20ClNO5. The standard InChI is InChI=1S/C27H20ClNO5/c1-15-23(34-27(31)18-6-4-5-7-21(18)28)11-9-19-25(30)24(33-26(15)19)12-16-14-29(2)22-10-8-17(32-3)13-20(16)22/h4-14H,1-3H3/b24-12+. The molecule has 0 amide bonds. The lowest BCUT2D eigenvalue weighted by Gasteiger charge is -2.10. The smallest absolute Gasteiger partial charge is 0.345 e. The minimum atomic E-state index is -0.585. The van der Waals surface area contributed by atoms with Crippen molar-refractivity contribution >= 4 is 40.3 Å². The molecule has 0 spiro atoms. The van der Waals surface area contributed by atoms with Crippen LogP contribution in [0.1, 0.15) is 31.8 Å². The number of aryl methyl sites for hydroxylation is 1.